The van der Waals surface area contributed by atoms with Crippen molar-refractivity contribution in [3.8, 4) is 11.8 Å². The van der Waals surface area contributed by atoms with Crippen LogP contribution in [-0.2, 0) is 21.0 Å². The molecule has 0 aliphatic carbocycles. The fourth-order valence-electron chi connectivity index (χ4n) is 4.32. The first kappa shape index (κ1) is 21.3. The molecule has 2 aromatic carbocycles. The van der Waals surface area contributed by atoms with Gasteiger partial charge in [0.25, 0.3) is 5.91 Å². The van der Waals surface area contributed by atoms with E-state index in [4.69, 9.17) is 4.74 Å². The molecule has 4 rings (SSSR count). The second kappa shape index (κ2) is 8.27. The maximum atomic E-state index is 14.0. The number of carbonyl (C=O) groups is 2. The number of benzene rings is 2. The van der Waals surface area contributed by atoms with Crippen molar-refractivity contribution in [2.45, 2.75) is 31.7 Å². The van der Waals surface area contributed by atoms with E-state index in [9.17, 15) is 14.9 Å². The Morgan fingerprint density at radius 3 is 2.81 bits per heavy atom. The van der Waals surface area contributed by atoms with E-state index in [1.54, 1.807) is 29.0 Å². The van der Waals surface area contributed by atoms with Crippen LogP contribution in [0.4, 0.5) is 5.69 Å². The van der Waals surface area contributed by atoms with Gasteiger partial charge in [-0.3, -0.25) is 9.59 Å². The molecule has 1 saturated heterocycles. The first-order chi connectivity index (χ1) is 14.9. The predicted molar refractivity (Wildman–Crippen MR) is 121 cm³/mol. The van der Waals surface area contributed by atoms with E-state index in [-0.39, 0.29) is 17.7 Å². The number of ether oxygens (including phenoxy) is 1. The molecule has 0 radical (unpaired) electrons. The summed E-state index contributed by atoms with van der Waals surface area (Å²) in [5.74, 6) is 1.45. The zero-order valence-electron chi connectivity index (χ0n) is 17.9. The van der Waals surface area contributed by atoms with Crippen molar-refractivity contribution in [1.82, 2.24) is 4.90 Å². The lowest BCUT2D eigenvalue weighted by molar-refractivity contribution is -0.140. The maximum Gasteiger partial charge on any atom is 0.268 e. The minimum Gasteiger partial charge on any atom is -0.497 e. The van der Waals surface area contributed by atoms with E-state index in [0.29, 0.717) is 36.6 Å². The summed E-state index contributed by atoms with van der Waals surface area (Å²) in [6.07, 6.45) is 0.402. The van der Waals surface area contributed by atoms with Gasteiger partial charge < -0.3 is 14.5 Å². The first-order valence-electron chi connectivity index (χ1n) is 10.3. The van der Waals surface area contributed by atoms with Gasteiger partial charge >= 0.3 is 0 Å². The predicted octanol–water partition coefficient (Wildman–Crippen LogP) is 3.89. The normalized spacial score (nSPS) is 19.8. The molecule has 1 unspecified atom stereocenters. The maximum absolute atomic E-state index is 14.0. The molecule has 0 N–H and O–H groups in total. The van der Waals surface area contributed by atoms with Crippen LogP contribution in [0.15, 0.2) is 42.5 Å². The highest BCUT2D eigenvalue weighted by atomic mass is 32.2. The fourth-order valence-corrected chi connectivity index (χ4v) is 5.79. The van der Waals surface area contributed by atoms with Gasteiger partial charge in [0.1, 0.15) is 5.75 Å². The molecule has 2 aromatic rings. The number of hydrogen-bond acceptors (Lipinski definition) is 5. The van der Waals surface area contributed by atoms with Crippen LogP contribution in [-0.4, -0.2) is 36.1 Å². The summed E-state index contributed by atoms with van der Waals surface area (Å²) < 4.78 is 5.44. The monoisotopic (exact) mass is 435 g/mol. The quantitative estimate of drug-likeness (QED) is 0.712. The molecular weight excluding hydrogens is 410 g/mol. The molecule has 2 heterocycles. The van der Waals surface area contributed by atoms with Crippen LogP contribution in [0.2, 0.25) is 0 Å². The highest BCUT2D eigenvalue weighted by Gasteiger charge is 2.59. The van der Waals surface area contributed by atoms with Gasteiger partial charge in [-0.25, -0.2) is 0 Å². The third-order valence-corrected chi connectivity index (χ3v) is 7.10. The van der Waals surface area contributed by atoms with E-state index in [0.717, 1.165) is 16.8 Å². The van der Waals surface area contributed by atoms with Crippen LogP contribution in [0.5, 0.6) is 5.75 Å². The second-order valence-electron chi connectivity index (χ2n) is 8.22. The summed E-state index contributed by atoms with van der Waals surface area (Å²) in [4.78, 5) is 29.5. The summed E-state index contributed by atoms with van der Waals surface area (Å²) in [6.45, 7) is 4.89. The van der Waals surface area contributed by atoms with Gasteiger partial charge in [0, 0.05) is 24.3 Å². The Morgan fingerprint density at radius 2 is 2.10 bits per heavy atom. The highest BCUT2D eigenvalue weighted by Crippen LogP contribution is 2.55. The summed E-state index contributed by atoms with van der Waals surface area (Å²) in [5.41, 5.74) is 3.00. The molecule has 7 heteroatoms. The Balaban J connectivity index is 1.80. The largest absolute Gasteiger partial charge is 0.497 e. The number of rotatable bonds is 5. The molecule has 1 atom stereocenters. The molecule has 31 heavy (non-hydrogen) atoms. The van der Waals surface area contributed by atoms with Crippen molar-refractivity contribution in [1.29, 1.82) is 5.26 Å². The highest BCUT2D eigenvalue weighted by molar-refractivity contribution is 8.01. The van der Waals surface area contributed by atoms with E-state index in [2.05, 4.69) is 6.07 Å². The van der Waals surface area contributed by atoms with Gasteiger partial charge in [-0.05, 0) is 41.8 Å². The van der Waals surface area contributed by atoms with Crippen molar-refractivity contribution in [2.24, 2.45) is 5.92 Å². The summed E-state index contributed by atoms with van der Waals surface area (Å²) in [6, 6.07) is 15.0. The van der Waals surface area contributed by atoms with Crippen molar-refractivity contribution in [3.63, 3.8) is 0 Å². The fraction of sp³-hybridized carbons (Fsp3) is 0.375. The second-order valence-corrected chi connectivity index (χ2v) is 9.51. The van der Waals surface area contributed by atoms with Crippen LogP contribution < -0.4 is 9.64 Å². The number of nitrogens with zero attached hydrogens (tertiary/aromatic N) is 3. The number of carbonyl (C=O) groups excluding carboxylic acids is 2. The minimum atomic E-state index is -1.07. The standard InChI is InChI=1S/C24H25N3O3S/c1-16(2)11-22(28)27-9-10-31-24(27)20-13-19(30-3)7-8-21(20)26(23(24)29)15-18-6-4-5-17(12-18)14-25/h4-8,12-13,16H,9-11,15H2,1-3H3. The summed E-state index contributed by atoms with van der Waals surface area (Å²) >= 11 is 1.51. The van der Waals surface area contributed by atoms with E-state index < -0.39 is 4.87 Å². The van der Waals surface area contributed by atoms with Crippen LogP contribution in [0.25, 0.3) is 0 Å². The van der Waals surface area contributed by atoms with Gasteiger partial charge in [-0.2, -0.15) is 5.26 Å². The molecule has 0 bridgehead atoms. The lowest BCUT2D eigenvalue weighted by Crippen LogP contribution is -2.50. The Morgan fingerprint density at radius 1 is 1.29 bits per heavy atom. The zero-order chi connectivity index (χ0) is 22.2. The van der Waals surface area contributed by atoms with Crippen LogP contribution >= 0.6 is 11.8 Å². The molecule has 2 aliphatic heterocycles. The average Bonchev–Trinajstić information content (AvgIpc) is 3.30. The molecule has 2 aliphatic rings. The van der Waals surface area contributed by atoms with Crippen LogP contribution in [0, 0.1) is 17.2 Å². The van der Waals surface area contributed by atoms with E-state index in [1.165, 1.54) is 11.8 Å². The number of nitriles is 1. The number of thioether (sulfide) groups is 1. The third-order valence-electron chi connectivity index (χ3n) is 5.68. The molecular formula is C24H25N3O3S. The smallest absolute Gasteiger partial charge is 0.268 e. The Bertz CT molecular complexity index is 1080. The molecule has 1 fully saturated rings. The third kappa shape index (κ3) is 3.55. The molecule has 6 nitrogen and oxygen atoms in total. The summed E-state index contributed by atoms with van der Waals surface area (Å²) in [7, 11) is 1.60. The number of anilines is 1. The number of methoxy groups -OCH3 is 1. The van der Waals surface area contributed by atoms with Gasteiger partial charge in [0.2, 0.25) is 5.91 Å². The van der Waals surface area contributed by atoms with Crippen molar-refractivity contribution >= 4 is 29.3 Å². The van der Waals surface area contributed by atoms with E-state index >= 15 is 0 Å². The molecule has 0 saturated carbocycles. The van der Waals surface area contributed by atoms with Crippen LogP contribution in [0.3, 0.4) is 0 Å². The average molecular weight is 436 g/mol. The molecule has 0 aromatic heterocycles. The zero-order valence-corrected chi connectivity index (χ0v) is 18.7. The van der Waals surface area contributed by atoms with Gasteiger partial charge in [-0.15, -0.1) is 11.8 Å². The Labute approximate surface area is 186 Å². The van der Waals surface area contributed by atoms with Gasteiger partial charge in [-0.1, -0.05) is 26.0 Å². The topological polar surface area (TPSA) is 73.6 Å². The number of hydrogen-bond donors (Lipinski definition) is 0. The van der Waals surface area contributed by atoms with Crippen molar-refractivity contribution in [2.75, 3.05) is 24.3 Å². The van der Waals surface area contributed by atoms with E-state index in [1.807, 2.05) is 44.2 Å². The SMILES string of the molecule is COc1ccc2c(c1)C1(SCCN1C(=O)CC(C)C)C(=O)N2Cc1cccc(C#N)c1. The number of amides is 2. The lowest BCUT2D eigenvalue weighted by atomic mass is 10.0. The lowest BCUT2D eigenvalue weighted by Gasteiger charge is -2.33. The molecule has 2 amide bonds. The Kier molecular flexibility index (Phi) is 5.67. The van der Waals surface area contributed by atoms with Crippen molar-refractivity contribution in [3.05, 3.63) is 59.2 Å². The van der Waals surface area contributed by atoms with Gasteiger partial charge in [0.15, 0.2) is 4.87 Å². The summed E-state index contributed by atoms with van der Waals surface area (Å²) in [5, 5.41) is 9.23. The van der Waals surface area contributed by atoms with Gasteiger partial charge in [0.05, 0.1) is 31.0 Å². The minimum absolute atomic E-state index is 0.00422. The Hall–Kier alpha value is -2.98. The first-order valence-corrected chi connectivity index (χ1v) is 11.3. The molecule has 1 spiro atoms. The number of fused-ring (bicyclic) bond motifs is 2. The van der Waals surface area contributed by atoms with Crippen LogP contribution in [0.1, 0.15) is 37.0 Å². The molecule has 160 valence electrons. The van der Waals surface area contributed by atoms with Crippen molar-refractivity contribution < 1.29 is 14.3 Å².